The fourth-order valence-corrected chi connectivity index (χ4v) is 2.64. The van der Waals surface area contributed by atoms with Crippen molar-refractivity contribution in [2.75, 3.05) is 6.61 Å². The lowest BCUT2D eigenvalue weighted by molar-refractivity contribution is 0.000213. The molecule has 0 saturated carbocycles. The number of hydrogen-bond donors (Lipinski definition) is 1. The lowest BCUT2D eigenvalue weighted by atomic mass is 9.92. The first-order valence-corrected chi connectivity index (χ1v) is 6.27. The lowest BCUT2D eigenvalue weighted by Gasteiger charge is -2.23. The highest BCUT2D eigenvalue weighted by Gasteiger charge is 2.32. The molecule has 2 rings (SSSR count). The minimum atomic E-state index is -0.347. The highest BCUT2D eigenvalue weighted by atomic mass is 16.5. The van der Waals surface area contributed by atoms with Gasteiger partial charge >= 0.3 is 0 Å². The van der Waals surface area contributed by atoms with Crippen LogP contribution in [0.5, 0.6) is 0 Å². The van der Waals surface area contributed by atoms with Crippen LogP contribution in [0, 0.1) is 5.92 Å². The molecule has 2 heteroatoms. The molecule has 0 amide bonds. The summed E-state index contributed by atoms with van der Waals surface area (Å²) in [5.41, 5.74) is 1.23. The van der Waals surface area contributed by atoms with E-state index in [2.05, 4.69) is 13.0 Å². The van der Waals surface area contributed by atoms with Gasteiger partial charge < -0.3 is 9.84 Å². The molecule has 0 spiro atoms. The molecule has 0 bridgehead atoms. The normalized spacial score (nSPS) is 34.7. The molecule has 0 radical (unpaired) electrons. The second-order valence-corrected chi connectivity index (χ2v) is 4.92. The second-order valence-electron chi connectivity index (χ2n) is 4.92. The molecule has 1 saturated heterocycles. The molecule has 1 heterocycles. The van der Waals surface area contributed by atoms with Crippen LogP contribution in [-0.2, 0) is 4.74 Å². The predicted octanol–water partition coefficient (Wildman–Crippen LogP) is 2.66. The van der Waals surface area contributed by atoms with Crippen LogP contribution >= 0.6 is 0 Å². The first kappa shape index (κ1) is 11.2. The molecule has 1 aliphatic heterocycles. The Labute approximate surface area is 92.3 Å². The van der Waals surface area contributed by atoms with Gasteiger partial charge in [-0.25, -0.2) is 0 Å². The molecular weight excluding hydrogens is 188 g/mol. The smallest absolute Gasteiger partial charge is 0.101 e. The molecule has 2 nitrogen and oxygen atoms in total. The van der Waals surface area contributed by atoms with Crippen LogP contribution in [0.2, 0.25) is 0 Å². The van der Waals surface area contributed by atoms with Crippen molar-refractivity contribution in [1.82, 2.24) is 0 Å². The van der Waals surface area contributed by atoms with Crippen LogP contribution in [0.1, 0.15) is 45.4 Å². The molecule has 0 aromatic carbocycles. The number of aliphatic hydroxyl groups excluding tert-OH is 1. The molecular formula is C13H22O2. The van der Waals surface area contributed by atoms with Gasteiger partial charge in [-0.05, 0) is 43.6 Å². The number of hydrogen-bond acceptors (Lipinski definition) is 2. The maximum absolute atomic E-state index is 10.3. The summed E-state index contributed by atoms with van der Waals surface area (Å²) in [7, 11) is 0. The van der Waals surface area contributed by atoms with Crippen molar-refractivity contribution in [3.63, 3.8) is 0 Å². The second kappa shape index (κ2) is 5.13. The summed E-state index contributed by atoms with van der Waals surface area (Å²) in [5, 5.41) is 10.3. The number of ether oxygens (including phenoxy) is 1. The fourth-order valence-electron chi connectivity index (χ4n) is 2.64. The van der Waals surface area contributed by atoms with Crippen molar-refractivity contribution in [3.05, 3.63) is 11.6 Å². The molecule has 3 unspecified atom stereocenters. The van der Waals surface area contributed by atoms with Gasteiger partial charge in [-0.1, -0.05) is 19.4 Å². The van der Waals surface area contributed by atoms with E-state index in [1.54, 1.807) is 0 Å². The summed E-state index contributed by atoms with van der Waals surface area (Å²) in [6, 6.07) is 0. The van der Waals surface area contributed by atoms with E-state index < -0.39 is 0 Å². The Balaban J connectivity index is 1.98. The van der Waals surface area contributed by atoms with Gasteiger partial charge in [0.25, 0.3) is 0 Å². The van der Waals surface area contributed by atoms with E-state index in [0.717, 1.165) is 25.9 Å². The monoisotopic (exact) mass is 210 g/mol. The predicted molar refractivity (Wildman–Crippen MR) is 60.7 cm³/mol. The molecule has 0 aromatic rings. The largest absolute Gasteiger partial charge is 0.386 e. The Hall–Kier alpha value is -0.340. The Kier molecular flexibility index (Phi) is 3.81. The zero-order valence-electron chi connectivity index (χ0n) is 9.61. The number of allylic oxidation sites excluding steroid dienone is 1. The summed E-state index contributed by atoms with van der Waals surface area (Å²) < 4.78 is 5.63. The third kappa shape index (κ3) is 2.61. The molecule has 0 aromatic heterocycles. The van der Waals surface area contributed by atoms with E-state index >= 15 is 0 Å². The minimum Gasteiger partial charge on any atom is -0.386 e. The maximum Gasteiger partial charge on any atom is 0.101 e. The molecule has 3 atom stereocenters. The summed E-state index contributed by atoms with van der Waals surface area (Å²) in [4.78, 5) is 0. The highest BCUT2D eigenvalue weighted by molar-refractivity contribution is 5.12. The van der Waals surface area contributed by atoms with Crippen molar-refractivity contribution in [3.8, 4) is 0 Å². The van der Waals surface area contributed by atoms with Crippen LogP contribution < -0.4 is 0 Å². The van der Waals surface area contributed by atoms with Gasteiger partial charge in [-0.15, -0.1) is 0 Å². The summed E-state index contributed by atoms with van der Waals surface area (Å²) >= 11 is 0. The lowest BCUT2D eigenvalue weighted by Crippen LogP contribution is -2.31. The van der Waals surface area contributed by atoms with Crippen molar-refractivity contribution in [1.29, 1.82) is 0 Å². The van der Waals surface area contributed by atoms with Crippen molar-refractivity contribution >= 4 is 0 Å². The third-order valence-electron chi connectivity index (χ3n) is 3.71. The zero-order valence-corrected chi connectivity index (χ0v) is 9.61. The van der Waals surface area contributed by atoms with Gasteiger partial charge in [-0.2, -0.15) is 0 Å². The van der Waals surface area contributed by atoms with Crippen molar-refractivity contribution in [2.24, 2.45) is 5.92 Å². The van der Waals surface area contributed by atoms with Gasteiger partial charge in [0.2, 0.25) is 0 Å². The van der Waals surface area contributed by atoms with E-state index in [1.807, 2.05) is 0 Å². The topological polar surface area (TPSA) is 29.5 Å². The van der Waals surface area contributed by atoms with Gasteiger partial charge in [0.15, 0.2) is 0 Å². The summed E-state index contributed by atoms with van der Waals surface area (Å²) in [6.07, 6.45) is 9.03. The van der Waals surface area contributed by atoms with E-state index in [4.69, 9.17) is 4.74 Å². The molecule has 2 aliphatic rings. The van der Waals surface area contributed by atoms with E-state index in [-0.39, 0.29) is 12.2 Å². The standard InChI is InChI=1S/C13H22O2/c1-10-8-9-15-13(10)12(14)11-6-4-2-3-5-7-11/h6,10,12-14H,2-5,7-9H2,1H3. The van der Waals surface area contributed by atoms with Crippen molar-refractivity contribution in [2.45, 2.75) is 57.7 Å². The third-order valence-corrected chi connectivity index (χ3v) is 3.71. The van der Waals surface area contributed by atoms with Crippen LogP contribution in [-0.4, -0.2) is 23.9 Å². The molecule has 15 heavy (non-hydrogen) atoms. The molecule has 1 fully saturated rings. The number of aliphatic hydroxyl groups is 1. The van der Waals surface area contributed by atoms with Gasteiger partial charge in [-0.3, -0.25) is 0 Å². The average Bonchev–Trinajstić information content (AvgIpc) is 2.53. The van der Waals surface area contributed by atoms with Crippen LogP contribution in [0.25, 0.3) is 0 Å². The van der Waals surface area contributed by atoms with Gasteiger partial charge in [0.1, 0.15) is 6.10 Å². The Bertz CT molecular complexity index is 235. The quantitative estimate of drug-likeness (QED) is 0.710. The maximum atomic E-state index is 10.3. The zero-order chi connectivity index (χ0) is 10.7. The fraction of sp³-hybridized carbons (Fsp3) is 0.846. The van der Waals surface area contributed by atoms with Gasteiger partial charge in [0.05, 0.1) is 6.10 Å². The van der Waals surface area contributed by atoms with Gasteiger partial charge in [0, 0.05) is 6.61 Å². The first-order chi connectivity index (χ1) is 7.29. The summed E-state index contributed by atoms with van der Waals surface area (Å²) in [6.45, 7) is 2.99. The Morgan fingerprint density at radius 3 is 3.00 bits per heavy atom. The van der Waals surface area contributed by atoms with E-state index in [0.29, 0.717) is 5.92 Å². The Morgan fingerprint density at radius 1 is 1.40 bits per heavy atom. The average molecular weight is 210 g/mol. The molecule has 86 valence electrons. The first-order valence-electron chi connectivity index (χ1n) is 6.27. The molecule has 1 aliphatic carbocycles. The van der Waals surface area contributed by atoms with Crippen LogP contribution in [0.3, 0.4) is 0 Å². The highest BCUT2D eigenvalue weighted by Crippen LogP contribution is 2.29. The Morgan fingerprint density at radius 2 is 2.27 bits per heavy atom. The SMILES string of the molecule is CC1CCOC1C(O)C1=CCCCCC1. The summed E-state index contributed by atoms with van der Waals surface area (Å²) in [5.74, 6) is 0.504. The van der Waals surface area contributed by atoms with Crippen LogP contribution in [0.15, 0.2) is 11.6 Å². The van der Waals surface area contributed by atoms with E-state index in [1.165, 1.54) is 24.8 Å². The van der Waals surface area contributed by atoms with Crippen LogP contribution in [0.4, 0.5) is 0 Å². The van der Waals surface area contributed by atoms with E-state index in [9.17, 15) is 5.11 Å². The number of rotatable bonds is 2. The van der Waals surface area contributed by atoms with Crippen molar-refractivity contribution < 1.29 is 9.84 Å². The minimum absolute atomic E-state index is 0.0503. The molecule has 1 N–H and O–H groups in total.